The molecule has 0 fully saturated rings. The smallest absolute Gasteiger partial charge is 0.160 e. The first-order chi connectivity index (χ1) is 22.8. The molecule has 9 aromatic rings. The van der Waals surface area contributed by atoms with E-state index in [4.69, 9.17) is 19.9 Å². The van der Waals surface area contributed by atoms with Gasteiger partial charge in [0.25, 0.3) is 0 Å². The zero-order chi connectivity index (χ0) is 30.5. The van der Waals surface area contributed by atoms with Crippen LogP contribution >= 0.6 is 0 Å². The predicted octanol–water partition coefficient (Wildman–Crippen LogP) is 10.5. The Hall–Kier alpha value is -6.26. The number of hydrogen-bond acceptors (Lipinski definition) is 4. The van der Waals surface area contributed by atoms with E-state index in [-0.39, 0.29) is 0 Å². The lowest BCUT2D eigenvalue weighted by Gasteiger charge is -2.12. The van der Waals surface area contributed by atoms with Crippen LogP contribution in [0.15, 0.2) is 158 Å². The Bertz CT molecular complexity index is 2260. The summed E-state index contributed by atoms with van der Waals surface area (Å²) in [6.45, 7) is 0. The molecule has 0 bridgehead atoms. The molecule has 0 amide bonds. The van der Waals surface area contributed by atoms with E-state index in [1.807, 2.05) is 24.8 Å². The first kappa shape index (κ1) is 26.2. The van der Waals surface area contributed by atoms with Crippen molar-refractivity contribution in [2.45, 2.75) is 0 Å². The van der Waals surface area contributed by atoms with Crippen molar-refractivity contribution in [3.63, 3.8) is 0 Å². The van der Waals surface area contributed by atoms with Crippen molar-refractivity contribution < 1.29 is 0 Å². The van der Waals surface area contributed by atoms with Crippen molar-refractivity contribution >= 4 is 43.1 Å². The highest BCUT2D eigenvalue weighted by atomic mass is 14.9. The van der Waals surface area contributed by atoms with E-state index < -0.39 is 0 Å². The molecule has 2 heterocycles. The van der Waals surface area contributed by atoms with E-state index in [1.165, 1.54) is 21.5 Å². The number of nitrogens with zero attached hydrogens (tertiary/aromatic N) is 4. The van der Waals surface area contributed by atoms with Gasteiger partial charge in [-0.15, -0.1) is 0 Å². The van der Waals surface area contributed by atoms with Gasteiger partial charge in [0, 0.05) is 47.0 Å². The lowest BCUT2D eigenvalue weighted by molar-refractivity contribution is 1.18. The van der Waals surface area contributed by atoms with Gasteiger partial charge in [-0.3, -0.25) is 0 Å². The van der Waals surface area contributed by atoms with Gasteiger partial charge >= 0.3 is 0 Å². The first-order valence-corrected chi connectivity index (χ1v) is 15.4. The summed E-state index contributed by atoms with van der Waals surface area (Å²) in [5.41, 5.74) is 6.17. The van der Waals surface area contributed by atoms with Gasteiger partial charge in [-0.25, -0.2) is 19.9 Å². The van der Waals surface area contributed by atoms with Gasteiger partial charge in [0.05, 0.1) is 0 Å². The minimum Gasteiger partial charge on any atom is -0.236 e. The van der Waals surface area contributed by atoms with E-state index in [2.05, 4.69) is 133 Å². The number of fused-ring (bicyclic) bond motifs is 4. The molecule has 0 radical (unpaired) electrons. The van der Waals surface area contributed by atoms with Crippen LogP contribution in [0.25, 0.3) is 88.1 Å². The molecule has 0 spiro atoms. The number of rotatable bonds is 4. The zero-order valence-corrected chi connectivity index (χ0v) is 24.8. The maximum Gasteiger partial charge on any atom is 0.160 e. The second kappa shape index (κ2) is 10.7. The highest BCUT2D eigenvalue weighted by Crippen LogP contribution is 2.36. The third-order valence-electron chi connectivity index (χ3n) is 8.84. The maximum absolute atomic E-state index is 4.86. The van der Waals surface area contributed by atoms with Crippen LogP contribution in [0.1, 0.15) is 0 Å². The van der Waals surface area contributed by atoms with Crippen LogP contribution < -0.4 is 0 Å². The highest BCUT2D eigenvalue weighted by molar-refractivity contribution is 6.12. The summed E-state index contributed by atoms with van der Waals surface area (Å²) in [7, 11) is 0. The molecule has 46 heavy (non-hydrogen) atoms. The van der Waals surface area contributed by atoms with Gasteiger partial charge in [0.1, 0.15) is 0 Å². The summed E-state index contributed by atoms with van der Waals surface area (Å²) in [6.07, 6.45) is 7.67. The zero-order valence-electron chi connectivity index (χ0n) is 24.8. The lowest BCUT2D eigenvalue weighted by Crippen LogP contribution is -1.93. The van der Waals surface area contributed by atoms with Gasteiger partial charge in [0.15, 0.2) is 11.6 Å². The summed E-state index contributed by atoms with van der Waals surface area (Å²) in [4.78, 5) is 19.4. The van der Waals surface area contributed by atoms with Crippen LogP contribution in [0.5, 0.6) is 0 Å². The van der Waals surface area contributed by atoms with E-state index >= 15 is 0 Å². The van der Waals surface area contributed by atoms with Gasteiger partial charge in [-0.05, 0) is 66.3 Å². The van der Waals surface area contributed by atoms with Crippen molar-refractivity contribution in [1.29, 1.82) is 0 Å². The van der Waals surface area contributed by atoms with Crippen LogP contribution in [0.2, 0.25) is 0 Å². The molecule has 4 heteroatoms. The molecule has 2 aromatic heterocycles. The Morgan fingerprint density at radius 3 is 0.870 bits per heavy atom. The van der Waals surface area contributed by atoms with Crippen LogP contribution in [0.3, 0.4) is 0 Å². The summed E-state index contributed by atoms with van der Waals surface area (Å²) in [5, 5.41) is 9.34. The molecule has 0 aliphatic carbocycles. The summed E-state index contributed by atoms with van der Waals surface area (Å²) in [6, 6.07) is 46.6. The van der Waals surface area contributed by atoms with Crippen LogP contribution in [-0.2, 0) is 0 Å². The quantitative estimate of drug-likeness (QED) is 0.193. The van der Waals surface area contributed by atoms with Gasteiger partial charge < -0.3 is 0 Å². The molecule has 0 N–H and O–H groups in total. The van der Waals surface area contributed by atoms with E-state index in [1.54, 1.807) is 0 Å². The fourth-order valence-corrected chi connectivity index (χ4v) is 6.58. The lowest BCUT2D eigenvalue weighted by atomic mass is 9.96. The van der Waals surface area contributed by atoms with Crippen molar-refractivity contribution in [1.82, 2.24) is 19.9 Å². The molecule has 4 nitrogen and oxygen atoms in total. The third-order valence-corrected chi connectivity index (χ3v) is 8.84. The normalized spacial score (nSPS) is 11.5. The Balaban J connectivity index is 1.03. The van der Waals surface area contributed by atoms with Crippen LogP contribution in [0.4, 0.5) is 0 Å². The average Bonchev–Trinajstić information content (AvgIpc) is 3.13. The highest BCUT2D eigenvalue weighted by Gasteiger charge is 2.14. The Labute approximate surface area is 265 Å². The Morgan fingerprint density at radius 1 is 0.283 bits per heavy atom. The van der Waals surface area contributed by atoms with Gasteiger partial charge in [-0.1, -0.05) is 121 Å². The molecule has 0 saturated heterocycles. The molecule has 214 valence electrons. The Kier molecular flexibility index (Phi) is 6.10. The molecular formula is C42H26N4. The molecule has 0 aliphatic heterocycles. The average molecular weight is 587 g/mol. The van der Waals surface area contributed by atoms with Crippen LogP contribution in [-0.4, -0.2) is 19.9 Å². The van der Waals surface area contributed by atoms with Crippen molar-refractivity contribution in [2.24, 2.45) is 0 Å². The fourth-order valence-electron chi connectivity index (χ4n) is 6.58. The van der Waals surface area contributed by atoms with E-state index in [0.717, 1.165) is 66.6 Å². The molecule has 0 unspecified atom stereocenters. The minimum absolute atomic E-state index is 0.726. The predicted molar refractivity (Wildman–Crippen MR) is 189 cm³/mol. The van der Waals surface area contributed by atoms with Gasteiger partial charge in [0.2, 0.25) is 0 Å². The second-order valence-electron chi connectivity index (χ2n) is 11.6. The fraction of sp³-hybridized carbons (Fsp3) is 0. The summed E-state index contributed by atoms with van der Waals surface area (Å²) < 4.78 is 0. The monoisotopic (exact) mass is 586 g/mol. The van der Waals surface area contributed by atoms with E-state index in [9.17, 15) is 0 Å². The van der Waals surface area contributed by atoms with Crippen molar-refractivity contribution in [2.75, 3.05) is 0 Å². The summed E-state index contributed by atoms with van der Waals surface area (Å²) in [5.74, 6) is 1.45. The number of benzene rings is 7. The molecule has 0 atom stereocenters. The van der Waals surface area contributed by atoms with Crippen LogP contribution in [0, 0.1) is 0 Å². The molecule has 7 aromatic carbocycles. The summed E-state index contributed by atoms with van der Waals surface area (Å²) >= 11 is 0. The molecule has 9 rings (SSSR count). The molecular weight excluding hydrogens is 560 g/mol. The Morgan fingerprint density at radius 2 is 0.565 bits per heavy atom. The van der Waals surface area contributed by atoms with Gasteiger partial charge in [-0.2, -0.15) is 0 Å². The van der Waals surface area contributed by atoms with E-state index in [0.29, 0.717) is 0 Å². The topological polar surface area (TPSA) is 51.6 Å². The largest absolute Gasteiger partial charge is 0.236 e. The third kappa shape index (κ3) is 4.39. The maximum atomic E-state index is 4.86. The molecule has 0 aliphatic rings. The first-order valence-electron chi connectivity index (χ1n) is 15.4. The van der Waals surface area contributed by atoms with Crippen molar-refractivity contribution in [3.8, 4) is 45.0 Å². The van der Waals surface area contributed by atoms with Crippen molar-refractivity contribution in [3.05, 3.63) is 158 Å². The number of aromatic nitrogens is 4. The standard InChI is InChI=1S/C42H26N4/c1-5-13-35-29(9-1)21-30-10-2-6-14-36(30)39(35)41-43-23-33(24-44-41)27-17-19-28(20-18-27)34-25-45-42(46-26-34)40-37-15-7-3-11-31(37)22-32-12-4-8-16-38(32)40/h1-26H. The minimum atomic E-state index is 0.726. The number of hydrogen-bond donors (Lipinski definition) is 0. The molecule has 0 saturated carbocycles. The SMILES string of the molecule is c1ccc2c(-c3ncc(-c4ccc(-c5cnc(-c6c7ccccc7cc7ccccc67)nc5)cc4)cn3)c3ccccc3cc2c1. The second-order valence-corrected chi connectivity index (χ2v) is 11.6.